The number of aliphatic imine (C=N–C) groups is 1. The van der Waals surface area contributed by atoms with Gasteiger partial charge in [0, 0.05) is 38.8 Å². The summed E-state index contributed by atoms with van der Waals surface area (Å²) in [6.45, 7) is 8.04. The maximum absolute atomic E-state index is 5.38. The Bertz CT molecular complexity index is 723. The minimum atomic E-state index is 0. The molecule has 1 aromatic heterocycles. The van der Waals surface area contributed by atoms with E-state index in [9.17, 15) is 0 Å². The molecular formula is C21H32IN5O. The summed E-state index contributed by atoms with van der Waals surface area (Å²) in [6.07, 6.45) is 2.24. The van der Waals surface area contributed by atoms with Crippen molar-refractivity contribution >= 4 is 29.9 Å². The molecule has 2 N–H and O–H groups in total. The van der Waals surface area contributed by atoms with Crippen molar-refractivity contribution in [2.75, 3.05) is 20.1 Å². The molecule has 1 fully saturated rings. The Kier molecular flexibility index (Phi) is 9.24. The van der Waals surface area contributed by atoms with E-state index in [1.165, 1.54) is 5.56 Å². The number of halogens is 1. The van der Waals surface area contributed by atoms with Crippen LogP contribution in [0.15, 0.2) is 45.9 Å². The third kappa shape index (κ3) is 6.77. The largest absolute Gasteiger partial charge is 0.359 e. The van der Waals surface area contributed by atoms with Gasteiger partial charge in [0.15, 0.2) is 11.7 Å². The molecule has 0 radical (unpaired) electrons. The molecule has 28 heavy (non-hydrogen) atoms. The highest BCUT2D eigenvalue weighted by Crippen LogP contribution is 2.15. The zero-order valence-corrected chi connectivity index (χ0v) is 19.3. The van der Waals surface area contributed by atoms with E-state index in [-0.39, 0.29) is 24.0 Å². The molecule has 0 amide bonds. The van der Waals surface area contributed by atoms with Gasteiger partial charge in [0.05, 0.1) is 12.2 Å². The number of likely N-dealkylation sites (tertiary alicyclic amines) is 1. The molecule has 154 valence electrons. The number of guanidine groups is 1. The van der Waals surface area contributed by atoms with Crippen molar-refractivity contribution in [1.29, 1.82) is 0 Å². The number of nitrogens with one attached hydrogen (secondary N) is 2. The lowest BCUT2D eigenvalue weighted by molar-refractivity contribution is 0.198. The third-order valence-electron chi connectivity index (χ3n) is 5.00. The van der Waals surface area contributed by atoms with Crippen LogP contribution in [0.2, 0.25) is 0 Å². The quantitative estimate of drug-likeness (QED) is 0.362. The van der Waals surface area contributed by atoms with E-state index in [1.54, 1.807) is 7.05 Å². The minimum absolute atomic E-state index is 0. The molecular weight excluding hydrogens is 465 g/mol. The van der Waals surface area contributed by atoms with Crippen LogP contribution in [-0.2, 0) is 13.1 Å². The van der Waals surface area contributed by atoms with E-state index in [0.717, 1.165) is 49.9 Å². The summed E-state index contributed by atoms with van der Waals surface area (Å²) in [6, 6.07) is 13.1. The van der Waals surface area contributed by atoms with Gasteiger partial charge in [-0.3, -0.25) is 9.89 Å². The van der Waals surface area contributed by atoms with Crippen LogP contribution in [-0.4, -0.2) is 42.2 Å². The Hall–Kier alpha value is -1.61. The summed E-state index contributed by atoms with van der Waals surface area (Å²) in [5, 5.41) is 11.0. The van der Waals surface area contributed by atoms with E-state index in [2.05, 4.69) is 69.9 Å². The van der Waals surface area contributed by atoms with Crippen molar-refractivity contribution in [1.82, 2.24) is 20.7 Å². The normalized spacial score (nSPS) is 16.1. The fourth-order valence-corrected chi connectivity index (χ4v) is 3.32. The predicted molar refractivity (Wildman–Crippen MR) is 124 cm³/mol. The first-order valence-corrected chi connectivity index (χ1v) is 9.83. The molecule has 1 aromatic carbocycles. The lowest BCUT2D eigenvalue weighted by Crippen LogP contribution is -2.48. The van der Waals surface area contributed by atoms with Gasteiger partial charge in [-0.25, -0.2) is 0 Å². The fraction of sp³-hybridized carbons (Fsp3) is 0.524. The molecule has 1 aliphatic heterocycles. The molecule has 1 saturated heterocycles. The van der Waals surface area contributed by atoms with Crippen LogP contribution in [0.1, 0.15) is 49.6 Å². The first kappa shape index (κ1) is 22.7. The smallest absolute Gasteiger partial charge is 0.191 e. The average molecular weight is 497 g/mol. The maximum Gasteiger partial charge on any atom is 0.191 e. The van der Waals surface area contributed by atoms with Crippen molar-refractivity contribution in [3.8, 4) is 0 Å². The second kappa shape index (κ2) is 11.4. The summed E-state index contributed by atoms with van der Waals surface area (Å²) < 4.78 is 5.38. The molecule has 0 saturated carbocycles. The van der Waals surface area contributed by atoms with Gasteiger partial charge in [0.1, 0.15) is 0 Å². The number of hydrogen-bond acceptors (Lipinski definition) is 4. The van der Waals surface area contributed by atoms with Crippen molar-refractivity contribution < 1.29 is 4.52 Å². The molecule has 1 aliphatic rings. The lowest BCUT2D eigenvalue weighted by Gasteiger charge is -2.33. The van der Waals surface area contributed by atoms with E-state index in [0.29, 0.717) is 18.5 Å². The molecule has 0 bridgehead atoms. The van der Waals surface area contributed by atoms with E-state index in [4.69, 9.17) is 4.52 Å². The van der Waals surface area contributed by atoms with Gasteiger partial charge in [0.25, 0.3) is 0 Å². The first-order valence-electron chi connectivity index (χ1n) is 9.83. The summed E-state index contributed by atoms with van der Waals surface area (Å²) in [7, 11) is 1.81. The second-order valence-corrected chi connectivity index (χ2v) is 7.48. The Morgan fingerprint density at radius 2 is 1.96 bits per heavy atom. The van der Waals surface area contributed by atoms with E-state index in [1.807, 2.05) is 6.07 Å². The average Bonchev–Trinajstić information content (AvgIpc) is 3.17. The fourth-order valence-electron chi connectivity index (χ4n) is 3.32. The second-order valence-electron chi connectivity index (χ2n) is 7.48. The Morgan fingerprint density at radius 1 is 1.25 bits per heavy atom. The van der Waals surface area contributed by atoms with Gasteiger partial charge < -0.3 is 15.2 Å². The maximum atomic E-state index is 5.38. The standard InChI is InChI=1S/C21H31N5O.HI/c1-16(2)20-13-19(27-25-20)14-23-21(22-3)24-18-9-11-26(12-10-18)15-17-7-5-4-6-8-17;/h4-8,13,16,18H,9-12,14-15H2,1-3H3,(H2,22,23,24);1H. The van der Waals surface area contributed by atoms with Crippen LogP contribution in [0.4, 0.5) is 0 Å². The minimum Gasteiger partial charge on any atom is -0.359 e. The SMILES string of the molecule is CN=C(NCc1cc(C(C)C)no1)NC1CCN(Cc2ccccc2)CC1.I. The Balaban J connectivity index is 0.00000280. The zero-order chi connectivity index (χ0) is 19.1. The van der Waals surface area contributed by atoms with Gasteiger partial charge >= 0.3 is 0 Å². The van der Waals surface area contributed by atoms with Gasteiger partial charge in [-0.05, 0) is 24.3 Å². The zero-order valence-electron chi connectivity index (χ0n) is 17.0. The molecule has 6 nitrogen and oxygen atoms in total. The molecule has 0 unspecified atom stereocenters. The number of rotatable bonds is 6. The van der Waals surface area contributed by atoms with E-state index >= 15 is 0 Å². The number of piperidine rings is 1. The van der Waals surface area contributed by atoms with Gasteiger partial charge in [0.2, 0.25) is 0 Å². The Morgan fingerprint density at radius 3 is 2.57 bits per heavy atom. The van der Waals surface area contributed by atoms with Crippen LogP contribution in [0.5, 0.6) is 0 Å². The highest BCUT2D eigenvalue weighted by Gasteiger charge is 2.20. The predicted octanol–water partition coefficient (Wildman–Crippen LogP) is 3.75. The molecule has 2 aromatic rings. The lowest BCUT2D eigenvalue weighted by atomic mass is 10.0. The molecule has 0 spiro atoms. The summed E-state index contributed by atoms with van der Waals surface area (Å²) >= 11 is 0. The number of aromatic nitrogens is 1. The van der Waals surface area contributed by atoms with Crippen molar-refractivity contribution in [3.05, 3.63) is 53.4 Å². The third-order valence-corrected chi connectivity index (χ3v) is 5.00. The van der Waals surface area contributed by atoms with Crippen LogP contribution >= 0.6 is 24.0 Å². The monoisotopic (exact) mass is 497 g/mol. The number of nitrogens with zero attached hydrogens (tertiary/aromatic N) is 3. The van der Waals surface area contributed by atoms with Crippen molar-refractivity contribution in [3.63, 3.8) is 0 Å². The molecule has 0 atom stereocenters. The van der Waals surface area contributed by atoms with Crippen LogP contribution in [0.3, 0.4) is 0 Å². The topological polar surface area (TPSA) is 65.7 Å². The number of hydrogen-bond donors (Lipinski definition) is 2. The Labute approximate surface area is 185 Å². The number of benzene rings is 1. The van der Waals surface area contributed by atoms with Crippen molar-refractivity contribution in [2.24, 2.45) is 4.99 Å². The van der Waals surface area contributed by atoms with Gasteiger partial charge in [-0.1, -0.05) is 49.3 Å². The highest BCUT2D eigenvalue weighted by atomic mass is 127. The summed E-state index contributed by atoms with van der Waals surface area (Å²) in [4.78, 5) is 6.86. The van der Waals surface area contributed by atoms with Gasteiger partial charge in [-0.2, -0.15) is 0 Å². The van der Waals surface area contributed by atoms with Gasteiger partial charge in [-0.15, -0.1) is 24.0 Å². The molecule has 2 heterocycles. The van der Waals surface area contributed by atoms with Crippen molar-refractivity contribution in [2.45, 2.75) is 51.7 Å². The molecule has 7 heteroatoms. The highest BCUT2D eigenvalue weighted by molar-refractivity contribution is 14.0. The first-order chi connectivity index (χ1) is 13.1. The summed E-state index contributed by atoms with van der Waals surface area (Å²) in [5.41, 5.74) is 2.37. The van der Waals surface area contributed by atoms with E-state index < -0.39 is 0 Å². The van der Waals surface area contributed by atoms with Crippen LogP contribution in [0, 0.1) is 0 Å². The summed E-state index contributed by atoms with van der Waals surface area (Å²) in [5.74, 6) is 2.03. The molecule has 0 aliphatic carbocycles. The molecule has 3 rings (SSSR count). The van der Waals surface area contributed by atoms with Crippen LogP contribution in [0.25, 0.3) is 0 Å². The van der Waals surface area contributed by atoms with Crippen LogP contribution < -0.4 is 10.6 Å².